The Morgan fingerprint density at radius 3 is 2.58 bits per heavy atom. The van der Waals surface area contributed by atoms with Crippen LogP contribution in [0.25, 0.3) is 10.9 Å². The number of likely N-dealkylation sites (tertiary alicyclic amines) is 1. The van der Waals surface area contributed by atoms with Gasteiger partial charge in [0.15, 0.2) is 0 Å². The lowest BCUT2D eigenvalue weighted by molar-refractivity contribution is -0.143. The van der Waals surface area contributed by atoms with Crippen molar-refractivity contribution in [2.45, 2.75) is 43.0 Å². The first-order valence-corrected chi connectivity index (χ1v) is 14.4. The number of carboxylic acids is 1. The summed E-state index contributed by atoms with van der Waals surface area (Å²) in [6, 6.07) is 12.2. The molecule has 1 fully saturated rings. The molecule has 2 heterocycles. The lowest BCUT2D eigenvalue weighted by Crippen LogP contribution is -2.48. The number of halogens is 2. The maximum Gasteiger partial charge on any atom is 0.326 e. The van der Waals surface area contributed by atoms with Gasteiger partial charge in [0.25, 0.3) is 0 Å². The first-order chi connectivity index (χ1) is 18.3. The van der Waals surface area contributed by atoms with E-state index in [2.05, 4.69) is 10.3 Å². The first kappa shape index (κ1) is 28.2. The summed E-state index contributed by atoms with van der Waals surface area (Å²) in [4.78, 5) is 44.6. The molecule has 38 heavy (non-hydrogen) atoms. The fourth-order valence-corrected chi connectivity index (χ4v) is 5.88. The molecule has 200 valence electrons. The summed E-state index contributed by atoms with van der Waals surface area (Å²) in [5.74, 6) is -1.74. The maximum absolute atomic E-state index is 12.9. The number of benzene rings is 2. The van der Waals surface area contributed by atoms with Gasteiger partial charge in [0.1, 0.15) is 6.04 Å². The van der Waals surface area contributed by atoms with Gasteiger partial charge in [-0.25, -0.2) is 4.79 Å². The van der Waals surface area contributed by atoms with E-state index in [0.29, 0.717) is 48.8 Å². The van der Waals surface area contributed by atoms with Gasteiger partial charge in [0, 0.05) is 48.3 Å². The zero-order valence-corrected chi connectivity index (χ0v) is 23.3. The Balaban J connectivity index is 1.28. The fraction of sp³-hybridized carbons (Fsp3) is 0.357. The predicted molar refractivity (Wildman–Crippen MR) is 151 cm³/mol. The molecule has 0 saturated carbocycles. The number of pyridine rings is 1. The number of amides is 2. The van der Waals surface area contributed by atoms with Crippen LogP contribution >= 0.6 is 35.0 Å². The molecule has 1 saturated heterocycles. The number of carbonyl (C=O) groups is 3. The molecule has 0 radical (unpaired) electrons. The van der Waals surface area contributed by atoms with Crippen LogP contribution in [0.4, 0.5) is 0 Å². The molecule has 10 heteroatoms. The minimum absolute atomic E-state index is 0.00259. The van der Waals surface area contributed by atoms with Crippen molar-refractivity contribution in [3.8, 4) is 0 Å². The summed E-state index contributed by atoms with van der Waals surface area (Å²) in [5, 5.41) is 14.3. The van der Waals surface area contributed by atoms with E-state index in [1.165, 1.54) is 11.8 Å². The molecule has 1 aliphatic heterocycles. The van der Waals surface area contributed by atoms with Crippen LogP contribution < -0.4 is 5.32 Å². The number of aryl methyl sites for hydroxylation is 1. The van der Waals surface area contributed by atoms with Crippen LogP contribution in [-0.4, -0.2) is 58.2 Å². The first-order valence-electron chi connectivity index (χ1n) is 12.4. The van der Waals surface area contributed by atoms with E-state index in [1.54, 1.807) is 11.1 Å². The zero-order valence-electron chi connectivity index (χ0n) is 21.0. The molecule has 3 aromatic rings. The molecule has 1 aliphatic rings. The van der Waals surface area contributed by atoms with Crippen LogP contribution in [0.3, 0.4) is 0 Å². The van der Waals surface area contributed by atoms with Gasteiger partial charge in [-0.05, 0) is 54.8 Å². The van der Waals surface area contributed by atoms with Gasteiger partial charge in [-0.1, -0.05) is 47.5 Å². The van der Waals surface area contributed by atoms with Crippen molar-refractivity contribution in [3.05, 3.63) is 69.8 Å². The summed E-state index contributed by atoms with van der Waals surface area (Å²) >= 11 is 14.2. The number of aromatic nitrogens is 1. The quantitative estimate of drug-likeness (QED) is 0.339. The molecule has 7 nitrogen and oxygen atoms in total. The highest BCUT2D eigenvalue weighted by Crippen LogP contribution is 2.35. The molecule has 0 unspecified atom stereocenters. The van der Waals surface area contributed by atoms with Crippen LogP contribution in [0.5, 0.6) is 0 Å². The highest BCUT2D eigenvalue weighted by atomic mass is 35.5. The van der Waals surface area contributed by atoms with Gasteiger partial charge in [0.2, 0.25) is 11.8 Å². The number of nitrogens with one attached hydrogen (secondary N) is 1. The second-order valence-electron chi connectivity index (χ2n) is 9.35. The van der Waals surface area contributed by atoms with Crippen LogP contribution in [-0.2, 0) is 27.2 Å². The largest absolute Gasteiger partial charge is 0.480 e. The monoisotopic (exact) mass is 573 g/mol. The topological polar surface area (TPSA) is 99.6 Å². The third-order valence-corrected chi connectivity index (χ3v) is 8.69. The van der Waals surface area contributed by atoms with Crippen molar-refractivity contribution < 1.29 is 19.5 Å². The van der Waals surface area contributed by atoms with Crippen LogP contribution in [0, 0.1) is 5.92 Å². The maximum atomic E-state index is 12.9. The van der Waals surface area contributed by atoms with Crippen molar-refractivity contribution in [1.82, 2.24) is 15.2 Å². The number of hydrogen-bond acceptors (Lipinski definition) is 5. The lowest BCUT2D eigenvalue weighted by Gasteiger charge is -2.32. The molecule has 0 bridgehead atoms. The van der Waals surface area contributed by atoms with E-state index < -0.39 is 12.0 Å². The van der Waals surface area contributed by atoms with Crippen LogP contribution in [0.15, 0.2) is 53.6 Å². The SMILES string of the molecule is CSc1ccc(CCC(=O)N2CCC(C(=O)N[C@@H](Cc3cnc4ccccc4c3)C(=O)O)CC2)c(Cl)c1Cl. The van der Waals surface area contributed by atoms with E-state index in [-0.39, 0.29) is 24.2 Å². The number of aliphatic carboxylic acids is 1. The normalized spacial score (nSPS) is 14.9. The number of piperidine rings is 1. The molecule has 1 aromatic heterocycles. The van der Waals surface area contributed by atoms with Gasteiger partial charge < -0.3 is 15.3 Å². The number of carboxylic acid groups (broad SMARTS) is 1. The molecule has 0 spiro atoms. The van der Waals surface area contributed by atoms with Crippen molar-refractivity contribution in [2.24, 2.45) is 5.92 Å². The average molecular weight is 575 g/mol. The van der Waals surface area contributed by atoms with Gasteiger partial charge in [0.05, 0.1) is 15.6 Å². The number of rotatable bonds is 9. The van der Waals surface area contributed by atoms with Crippen molar-refractivity contribution in [2.75, 3.05) is 19.3 Å². The Morgan fingerprint density at radius 1 is 1.13 bits per heavy atom. The third-order valence-electron chi connectivity index (χ3n) is 6.87. The van der Waals surface area contributed by atoms with E-state index >= 15 is 0 Å². The zero-order chi connectivity index (χ0) is 27.2. The van der Waals surface area contributed by atoms with E-state index in [0.717, 1.165) is 26.9 Å². The van der Waals surface area contributed by atoms with Gasteiger partial charge >= 0.3 is 5.97 Å². The summed E-state index contributed by atoms with van der Waals surface area (Å²) in [5.41, 5.74) is 2.40. The lowest BCUT2D eigenvalue weighted by atomic mass is 9.94. The molecule has 2 amide bonds. The average Bonchev–Trinajstić information content (AvgIpc) is 2.93. The number of fused-ring (bicyclic) bond motifs is 1. The molecular weight excluding hydrogens is 545 g/mol. The summed E-state index contributed by atoms with van der Waals surface area (Å²) in [7, 11) is 0. The predicted octanol–water partition coefficient (Wildman–Crippen LogP) is 5.25. The Bertz CT molecular complexity index is 1340. The highest BCUT2D eigenvalue weighted by molar-refractivity contribution is 7.98. The van der Waals surface area contributed by atoms with E-state index in [4.69, 9.17) is 23.2 Å². The molecule has 0 aliphatic carbocycles. The Labute approximate surface area is 235 Å². The highest BCUT2D eigenvalue weighted by Gasteiger charge is 2.30. The van der Waals surface area contributed by atoms with Gasteiger partial charge in [-0.2, -0.15) is 0 Å². The Kier molecular flexibility index (Phi) is 9.52. The Morgan fingerprint density at radius 2 is 1.87 bits per heavy atom. The molecule has 2 N–H and O–H groups in total. The number of nitrogens with zero attached hydrogens (tertiary/aromatic N) is 2. The van der Waals surface area contributed by atoms with E-state index in [1.807, 2.05) is 48.7 Å². The van der Waals surface area contributed by atoms with Crippen LogP contribution in [0.1, 0.15) is 30.4 Å². The van der Waals surface area contributed by atoms with Crippen molar-refractivity contribution in [1.29, 1.82) is 0 Å². The van der Waals surface area contributed by atoms with Gasteiger partial charge in [-0.3, -0.25) is 14.6 Å². The summed E-state index contributed by atoms with van der Waals surface area (Å²) < 4.78 is 0. The number of para-hydroxylation sites is 1. The smallest absolute Gasteiger partial charge is 0.326 e. The number of hydrogen-bond donors (Lipinski definition) is 2. The van der Waals surface area contributed by atoms with Crippen LogP contribution in [0.2, 0.25) is 10.0 Å². The van der Waals surface area contributed by atoms with Crippen molar-refractivity contribution >= 4 is 63.7 Å². The third kappa shape index (κ3) is 6.79. The fourth-order valence-electron chi connectivity index (χ4n) is 4.67. The minimum atomic E-state index is -1.09. The number of carbonyl (C=O) groups excluding carboxylic acids is 2. The molecule has 1 atom stereocenters. The van der Waals surface area contributed by atoms with Gasteiger partial charge in [-0.15, -0.1) is 11.8 Å². The second kappa shape index (κ2) is 12.8. The molecule has 2 aromatic carbocycles. The minimum Gasteiger partial charge on any atom is -0.480 e. The molecular formula is C28H29Cl2N3O4S. The second-order valence-corrected chi connectivity index (χ2v) is 11.0. The van der Waals surface area contributed by atoms with E-state index in [9.17, 15) is 19.5 Å². The summed E-state index contributed by atoms with van der Waals surface area (Å²) in [6.07, 6.45) is 5.46. The number of thioether (sulfide) groups is 1. The molecule has 4 rings (SSSR count). The summed E-state index contributed by atoms with van der Waals surface area (Å²) in [6.45, 7) is 0.895. The van der Waals surface area contributed by atoms with Crippen molar-refractivity contribution in [3.63, 3.8) is 0 Å². The Hall–Kier alpha value is -2.81. The standard InChI is InChI=1S/C28H29Cl2N3O4S/c1-38-23-8-6-18(25(29)26(23)30)7-9-24(34)33-12-10-19(11-13-33)27(35)32-22(28(36)37)15-17-14-20-4-2-3-5-21(20)31-16-17/h2-6,8,14,16,19,22H,7,9-13,15H2,1H3,(H,32,35)(H,36,37)/t22-/m0/s1.